The van der Waals surface area contributed by atoms with E-state index >= 15 is 0 Å². The maximum Gasteiger partial charge on any atom is 0.0914 e. The zero-order chi connectivity index (χ0) is 15.6. The quantitative estimate of drug-likeness (QED) is 0.520. The Morgan fingerprint density at radius 1 is 0.682 bits per heavy atom. The first-order valence-corrected chi connectivity index (χ1v) is 7.61. The lowest BCUT2D eigenvalue weighted by molar-refractivity contribution is 0.268. The molecule has 0 amide bonds. The molecule has 114 valence electrons. The van der Waals surface area contributed by atoms with Crippen molar-refractivity contribution in [1.82, 2.24) is 0 Å². The molecule has 2 aromatic rings. The first-order chi connectivity index (χ1) is 10.9. The largest absolute Gasteiger partial charge is 0.501 e. The third-order valence-electron chi connectivity index (χ3n) is 3.20. The van der Waals surface area contributed by atoms with Crippen molar-refractivity contribution in [3.63, 3.8) is 0 Å². The normalized spacial score (nSPS) is 12.1. The number of hydrogen-bond donors (Lipinski definition) is 0. The van der Waals surface area contributed by atoms with Gasteiger partial charge in [0.15, 0.2) is 0 Å². The standard InChI is InChI=1S/C20H22O2/c1-3-21-15-19(17-11-7-5-8-12-17)20(16-22-4-2)18-13-9-6-10-14-18/h5-16H,3-4H2,1-2H3/b19-15+,20-16+. The van der Waals surface area contributed by atoms with E-state index in [1.165, 1.54) is 0 Å². The number of allylic oxidation sites excluding steroid dienone is 2. The summed E-state index contributed by atoms with van der Waals surface area (Å²) in [5.41, 5.74) is 4.24. The fraction of sp³-hybridized carbons (Fsp3) is 0.200. The molecule has 0 fully saturated rings. The summed E-state index contributed by atoms with van der Waals surface area (Å²) in [6, 6.07) is 20.4. The number of ether oxygens (including phenoxy) is 2. The molecule has 0 aliphatic heterocycles. The molecule has 0 aromatic heterocycles. The highest BCUT2D eigenvalue weighted by atomic mass is 16.5. The van der Waals surface area contributed by atoms with E-state index in [2.05, 4.69) is 24.3 Å². The monoisotopic (exact) mass is 294 g/mol. The van der Waals surface area contributed by atoms with Crippen LogP contribution in [-0.4, -0.2) is 13.2 Å². The summed E-state index contributed by atoms with van der Waals surface area (Å²) in [5.74, 6) is 0. The zero-order valence-corrected chi connectivity index (χ0v) is 13.2. The van der Waals surface area contributed by atoms with Gasteiger partial charge in [0.25, 0.3) is 0 Å². The van der Waals surface area contributed by atoms with Gasteiger partial charge in [-0.05, 0) is 25.0 Å². The fourth-order valence-corrected chi connectivity index (χ4v) is 2.14. The molecule has 0 bridgehead atoms. The van der Waals surface area contributed by atoms with E-state index in [9.17, 15) is 0 Å². The van der Waals surface area contributed by atoms with E-state index in [4.69, 9.17) is 9.47 Å². The van der Waals surface area contributed by atoms with Crippen molar-refractivity contribution in [1.29, 1.82) is 0 Å². The van der Waals surface area contributed by atoms with Crippen LogP contribution in [0.3, 0.4) is 0 Å². The summed E-state index contributed by atoms with van der Waals surface area (Å²) < 4.78 is 11.1. The maximum atomic E-state index is 5.57. The van der Waals surface area contributed by atoms with Crippen molar-refractivity contribution < 1.29 is 9.47 Å². The van der Waals surface area contributed by atoms with Crippen LogP contribution in [0.1, 0.15) is 25.0 Å². The summed E-state index contributed by atoms with van der Waals surface area (Å²) >= 11 is 0. The predicted molar refractivity (Wildman–Crippen MR) is 92.1 cm³/mol. The Morgan fingerprint density at radius 3 is 1.36 bits per heavy atom. The van der Waals surface area contributed by atoms with Crippen LogP contribution >= 0.6 is 0 Å². The van der Waals surface area contributed by atoms with Crippen LogP contribution in [0.5, 0.6) is 0 Å². The van der Waals surface area contributed by atoms with Crippen molar-refractivity contribution in [3.8, 4) is 0 Å². The molecule has 2 nitrogen and oxygen atoms in total. The summed E-state index contributed by atoms with van der Waals surface area (Å²) in [4.78, 5) is 0. The van der Waals surface area contributed by atoms with Crippen molar-refractivity contribution in [2.45, 2.75) is 13.8 Å². The Hall–Kier alpha value is -2.48. The van der Waals surface area contributed by atoms with Gasteiger partial charge >= 0.3 is 0 Å². The van der Waals surface area contributed by atoms with Crippen molar-refractivity contribution in [2.75, 3.05) is 13.2 Å². The molecule has 0 saturated carbocycles. The average Bonchev–Trinajstić information content (AvgIpc) is 2.59. The Morgan fingerprint density at radius 2 is 1.05 bits per heavy atom. The SMILES string of the molecule is CCO/C=C(/C(=C/OCC)c1ccccc1)c1ccccc1. The second kappa shape index (κ2) is 8.73. The molecular formula is C20H22O2. The smallest absolute Gasteiger partial charge is 0.0914 e. The molecule has 0 radical (unpaired) electrons. The van der Waals surface area contributed by atoms with Crippen molar-refractivity contribution in [2.24, 2.45) is 0 Å². The Kier molecular flexibility index (Phi) is 6.31. The minimum absolute atomic E-state index is 0.632. The molecular weight excluding hydrogens is 272 g/mol. The number of rotatable bonds is 7. The van der Waals surface area contributed by atoms with E-state index in [-0.39, 0.29) is 0 Å². The lowest BCUT2D eigenvalue weighted by Gasteiger charge is -2.13. The van der Waals surface area contributed by atoms with Crippen LogP contribution < -0.4 is 0 Å². The molecule has 0 aliphatic carbocycles. The van der Waals surface area contributed by atoms with E-state index < -0.39 is 0 Å². The maximum absolute atomic E-state index is 5.57. The van der Waals surface area contributed by atoms with E-state index in [0.29, 0.717) is 13.2 Å². The predicted octanol–water partition coefficient (Wildman–Crippen LogP) is 5.14. The zero-order valence-electron chi connectivity index (χ0n) is 13.2. The van der Waals surface area contributed by atoms with Gasteiger partial charge < -0.3 is 9.47 Å². The van der Waals surface area contributed by atoms with Crippen molar-refractivity contribution >= 4 is 11.1 Å². The van der Waals surface area contributed by atoms with Gasteiger partial charge in [-0.25, -0.2) is 0 Å². The fourth-order valence-electron chi connectivity index (χ4n) is 2.14. The molecule has 2 heteroatoms. The first kappa shape index (κ1) is 15.9. The number of benzene rings is 2. The van der Waals surface area contributed by atoms with E-state index in [1.807, 2.05) is 62.8 Å². The van der Waals surface area contributed by atoms with Crippen LogP contribution in [-0.2, 0) is 9.47 Å². The summed E-state index contributed by atoms with van der Waals surface area (Å²) in [6.07, 6.45) is 3.63. The molecule has 2 rings (SSSR count). The second-order valence-electron chi connectivity index (χ2n) is 4.71. The highest BCUT2D eigenvalue weighted by Gasteiger charge is 2.11. The van der Waals surface area contributed by atoms with Gasteiger partial charge in [-0.1, -0.05) is 60.7 Å². The van der Waals surface area contributed by atoms with Crippen LogP contribution in [0, 0.1) is 0 Å². The Labute approximate surface area is 132 Å². The highest BCUT2D eigenvalue weighted by Crippen LogP contribution is 2.31. The summed E-state index contributed by atoms with van der Waals surface area (Å²) in [6.45, 7) is 5.22. The third kappa shape index (κ3) is 4.26. The van der Waals surface area contributed by atoms with E-state index in [1.54, 1.807) is 0 Å². The Balaban J connectivity index is 2.49. The highest BCUT2D eigenvalue weighted by molar-refractivity contribution is 6.04. The van der Waals surface area contributed by atoms with Crippen molar-refractivity contribution in [3.05, 3.63) is 84.3 Å². The van der Waals surface area contributed by atoms with Gasteiger partial charge in [0.05, 0.1) is 25.7 Å². The van der Waals surface area contributed by atoms with Gasteiger partial charge in [0, 0.05) is 11.1 Å². The Bertz CT molecular complexity index is 555. The van der Waals surface area contributed by atoms with Gasteiger partial charge in [-0.15, -0.1) is 0 Å². The van der Waals surface area contributed by atoms with E-state index in [0.717, 1.165) is 22.3 Å². The van der Waals surface area contributed by atoms with Gasteiger partial charge in [-0.3, -0.25) is 0 Å². The van der Waals surface area contributed by atoms with Crippen LogP contribution in [0.2, 0.25) is 0 Å². The minimum atomic E-state index is 0.632. The molecule has 0 atom stereocenters. The summed E-state index contributed by atoms with van der Waals surface area (Å²) in [5, 5.41) is 0. The molecule has 0 heterocycles. The lowest BCUT2D eigenvalue weighted by atomic mass is 9.94. The second-order valence-corrected chi connectivity index (χ2v) is 4.71. The first-order valence-electron chi connectivity index (χ1n) is 7.61. The van der Waals surface area contributed by atoms with Gasteiger partial charge in [0.1, 0.15) is 0 Å². The molecule has 0 unspecified atom stereocenters. The van der Waals surface area contributed by atoms with Crippen LogP contribution in [0.25, 0.3) is 11.1 Å². The molecule has 0 N–H and O–H groups in total. The van der Waals surface area contributed by atoms with Gasteiger partial charge in [-0.2, -0.15) is 0 Å². The minimum Gasteiger partial charge on any atom is -0.501 e. The van der Waals surface area contributed by atoms with Crippen LogP contribution in [0.15, 0.2) is 73.2 Å². The third-order valence-corrected chi connectivity index (χ3v) is 3.20. The molecule has 2 aromatic carbocycles. The van der Waals surface area contributed by atoms with Crippen LogP contribution in [0.4, 0.5) is 0 Å². The summed E-state index contributed by atoms with van der Waals surface area (Å²) in [7, 11) is 0. The number of hydrogen-bond acceptors (Lipinski definition) is 2. The average molecular weight is 294 g/mol. The molecule has 0 saturated heterocycles. The molecule has 0 aliphatic rings. The topological polar surface area (TPSA) is 18.5 Å². The molecule has 22 heavy (non-hydrogen) atoms. The lowest BCUT2D eigenvalue weighted by Crippen LogP contribution is -1.94. The molecule has 0 spiro atoms. The van der Waals surface area contributed by atoms with Gasteiger partial charge in [0.2, 0.25) is 0 Å².